The van der Waals surface area contributed by atoms with Crippen LogP contribution in [0.4, 0.5) is 0 Å². The maximum absolute atomic E-state index is 11.8. The summed E-state index contributed by atoms with van der Waals surface area (Å²) in [6.07, 6.45) is 0.933. The lowest BCUT2D eigenvalue weighted by Gasteiger charge is -2.09. The zero-order chi connectivity index (χ0) is 13.1. The number of aromatic nitrogens is 1. The van der Waals surface area contributed by atoms with Gasteiger partial charge in [0.2, 0.25) is 0 Å². The maximum atomic E-state index is 11.8. The van der Waals surface area contributed by atoms with Crippen molar-refractivity contribution in [3.05, 3.63) is 41.1 Å². The Bertz CT molecular complexity index is 590. The first-order valence-electron chi connectivity index (χ1n) is 6.23. The van der Waals surface area contributed by atoms with Crippen LogP contribution in [0.2, 0.25) is 0 Å². The summed E-state index contributed by atoms with van der Waals surface area (Å²) in [5, 5.41) is 0.989. The minimum atomic E-state index is -0.300. The van der Waals surface area contributed by atoms with Crippen molar-refractivity contribution >= 4 is 16.9 Å². The molecule has 0 spiro atoms. The molecule has 0 radical (unpaired) electrons. The second-order valence-corrected chi connectivity index (χ2v) is 4.18. The minimum absolute atomic E-state index is 0.300. The fourth-order valence-corrected chi connectivity index (χ4v) is 2.05. The Labute approximate surface area is 107 Å². The number of para-hydroxylation sites is 1. The summed E-state index contributed by atoms with van der Waals surface area (Å²) in [6, 6.07) is 7.91. The van der Waals surface area contributed by atoms with E-state index < -0.39 is 0 Å². The van der Waals surface area contributed by atoms with Crippen LogP contribution in [-0.4, -0.2) is 17.6 Å². The SMILES string of the molecule is CCOC(=O)c1cc2cccc(CC)c2nc1C. The fraction of sp³-hybridized carbons (Fsp3) is 0.333. The molecule has 1 aromatic heterocycles. The Kier molecular flexibility index (Phi) is 3.60. The first-order valence-corrected chi connectivity index (χ1v) is 6.23. The number of benzene rings is 1. The molecule has 0 bridgehead atoms. The van der Waals surface area contributed by atoms with Gasteiger partial charge in [0, 0.05) is 5.39 Å². The highest BCUT2D eigenvalue weighted by atomic mass is 16.5. The van der Waals surface area contributed by atoms with Crippen LogP contribution < -0.4 is 0 Å². The van der Waals surface area contributed by atoms with Gasteiger partial charge in [0.25, 0.3) is 0 Å². The predicted molar refractivity (Wildman–Crippen MR) is 71.8 cm³/mol. The zero-order valence-corrected chi connectivity index (χ0v) is 11.0. The average Bonchev–Trinajstić information content (AvgIpc) is 2.37. The number of hydrogen-bond donors (Lipinski definition) is 0. The molecule has 0 N–H and O–H groups in total. The normalized spacial score (nSPS) is 10.6. The summed E-state index contributed by atoms with van der Waals surface area (Å²) in [5.74, 6) is -0.300. The molecule has 0 saturated carbocycles. The lowest BCUT2D eigenvalue weighted by atomic mass is 10.0. The first kappa shape index (κ1) is 12.6. The third-order valence-electron chi connectivity index (χ3n) is 3.00. The van der Waals surface area contributed by atoms with Gasteiger partial charge in [0.15, 0.2) is 0 Å². The topological polar surface area (TPSA) is 39.2 Å². The quantitative estimate of drug-likeness (QED) is 0.776. The van der Waals surface area contributed by atoms with Gasteiger partial charge in [0.05, 0.1) is 23.4 Å². The van der Waals surface area contributed by atoms with Crippen LogP contribution in [0.25, 0.3) is 10.9 Å². The zero-order valence-electron chi connectivity index (χ0n) is 11.0. The molecule has 0 aliphatic carbocycles. The molecule has 0 unspecified atom stereocenters. The highest BCUT2D eigenvalue weighted by Gasteiger charge is 2.13. The Morgan fingerprint density at radius 1 is 1.33 bits per heavy atom. The summed E-state index contributed by atoms with van der Waals surface area (Å²) < 4.78 is 5.04. The van der Waals surface area contributed by atoms with Crippen LogP contribution in [0.5, 0.6) is 0 Å². The van der Waals surface area contributed by atoms with Gasteiger partial charge in [-0.05, 0) is 31.9 Å². The van der Waals surface area contributed by atoms with E-state index in [0.29, 0.717) is 12.2 Å². The number of pyridine rings is 1. The van der Waals surface area contributed by atoms with Gasteiger partial charge >= 0.3 is 5.97 Å². The van der Waals surface area contributed by atoms with E-state index in [1.807, 2.05) is 25.1 Å². The van der Waals surface area contributed by atoms with Gasteiger partial charge in [0.1, 0.15) is 0 Å². The average molecular weight is 243 g/mol. The number of aryl methyl sites for hydroxylation is 2. The number of carbonyl (C=O) groups excluding carboxylic acids is 1. The first-order chi connectivity index (χ1) is 8.67. The van der Waals surface area contributed by atoms with Crippen molar-refractivity contribution in [3.63, 3.8) is 0 Å². The van der Waals surface area contributed by atoms with Crippen LogP contribution >= 0.6 is 0 Å². The van der Waals surface area contributed by atoms with E-state index in [-0.39, 0.29) is 5.97 Å². The number of nitrogens with zero attached hydrogens (tertiary/aromatic N) is 1. The second kappa shape index (κ2) is 5.17. The van der Waals surface area contributed by atoms with Crippen molar-refractivity contribution in [2.45, 2.75) is 27.2 Å². The van der Waals surface area contributed by atoms with Gasteiger partial charge in [-0.2, -0.15) is 0 Å². The van der Waals surface area contributed by atoms with E-state index in [9.17, 15) is 4.79 Å². The molecule has 0 atom stereocenters. The van der Waals surface area contributed by atoms with Crippen LogP contribution in [0.3, 0.4) is 0 Å². The maximum Gasteiger partial charge on any atom is 0.339 e. The molecule has 1 heterocycles. The monoisotopic (exact) mass is 243 g/mol. The molecule has 0 amide bonds. The molecule has 94 valence electrons. The molecule has 18 heavy (non-hydrogen) atoms. The number of fused-ring (bicyclic) bond motifs is 1. The smallest absolute Gasteiger partial charge is 0.339 e. The third-order valence-corrected chi connectivity index (χ3v) is 3.00. The van der Waals surface area contributed by atoms with Crippen molar-refractivity contribution in [2.75, 3.05) is 6.61 Å². The molecule has 0 aliphatic heterocycles. The van der Waals surface area contributed by atoms with Crippen LogP contribution in [-0.2, 0) is 11.2 Å². The largest absolute Gasteiger partial charge is 0.462 e. The van der Waals surface area contributed by atoms with E-state index in [4.69, 9.17) is 4.74 Å². The van der Waals surface area contributed by atoms with Crippen molar-refractivity contribution in [1.29, 1.82) is 0 Å². The summed E-state index contributed by atoms with van der Waals surface area (Å²) in [6.45, 7) is 6.13. The number of esters is 1. The van der Waals surface area contributed by atoms with E-state index in [2.05, 4.69) is 18.0 Å². The number of rotatable bonds is 3. The summed E-state index contributed by atoms with van der Waals surface area (Å²) in [5.41, 5.74) is 3.45. The lowest BCUT2D eigenvalue weighted by molar-refractivity contribution is 0.0525. The molecule has 1 aromatic carbocycles. The third kappa shape index (κ3) is 2.21. The van der Waals surface area contributed by atoms with E-state index in [1.165, 1.54) is 5.56 Å². The van der Waals surface area contributed by atoms with Gasteiger partial charge in [-0.3, -0.25) is 4.98 Å². The Hall–Kier alpha value is -1.90. The molecule has 2 rings (SSSR count). The van der Waals surface area contributed by atoms with Crippen LogP contribution in [0, 0.1) is 6.92 Å². The minimum Gasteiger partial charge on any atom is -0.462 e. The van der Waals surface area contributed by atoms with Crippen LogP contribution in [0.1, 0.15) is 35.5 Å². The lowest BCUT2D eigenvalue weighted by Crippen LogP contribution is -2.08. The van der Waals surface area contributed by atoms with Gasteiger partial charge in [-0.25, -0.2) is 4.79 Å². The Morgan fingerprint density at radius 3 is 2.78 bits per heavy atom. The van der Waals surface area contributed by atoms with E-state index >= 15 is 0 Å². The molecule has 3 nitrogen and oxygen atoms in total. The standard InChI is InChI=1S/C15H17NO2/c1-4-11-7-6-8-12-9-13(15(17)18-5-2)10(3)16-14(11)12/h6-9H,4-5H2,1-3H3. The van der Waals surface area contributed by atoms with Crippen molar-refractivity contribution < 1.29 is 9.53 Å². The highest BCUT2D eigenvalue weighted by molar-refractivity contribution is 5.95. The van der Waals surface area contributed by atoms with Crippen molar-refractivity contribution in [3.8, 4) is 0 Å². The summed E-state index contributed by atoms with van der Waals surface area (Å²) in [7, 11) is 0. The van der Waals surface area contributed by atoms with Crippen LogP contribution in [0.15, 0.2) is 24.3 Å². The number of hydrogen-bond acceptors (Lipinski definition) is 3. The predicted octanol–water partition coefficient (Wildman–Crippen LogP) is 3.28. The molecule has 2 aromatic rings. The molecule has 0 aliphatic rings. The Balaban J connectivity index is 2.59. The second-order valence-electron chi connectivity index (χ2n) is 4.18. The van der Waals surface area contributed by atoms with E-state index in [0.717, 1.165) is 23.0 Å². The number of carbonyl (C=O) groups is 1. The highest BCUT2D eigenvalue weighted by Crippen LogP contribution is 2.21. The summed E-state index contributed by atoms with van der Waals surface area (Å²) in [4.78, 5) is 16.4. The molecule has 0 saturated heterocycles. The van der Waals surface area contributed by atoms with Crippen molar-refractivity contribution in [1.82, 2.24) is 4.98 Å². The molecular weight excluding hydrogens is 226 g/mol. The molecule has 0 fully saturated rings. The van der Waals surface area contributed by atoms with Gasteiger partial charge < -0.3 is 4.74 Å². The molecule has 3 heteroatoms. The fourth-order valence-electron chi connectivity index (χ4n) is 2.05. The van der Waals surface area contributed by atoms with Crippen molar-refractivity contribution in [2.24, 2.45) is 0 Å². The molecular formula is C15H17NO2. The summed E-state index contributed by atoms with van der Waals surface area (Å²) >= 11 is 0. The van der Waals surface area contributed by atoms with Gasteiger partial charge in [-0.1, -0.05) is 25.1 Å². The van der Waals surface area contributed by atoms with Gasteiger partial charge in [-0.15, -0.1) is 0 Å². The van der Waals surface area contributed by atoms with E-state index in [1.54, 1.807) is 6.92 Å². The number of ether oxygens (including phenoxy) is 1. The Morgan fingerprint density at radius 2 is 2.11 bits per heavy atom.